The minimum Gasteiger partial charge on any atom is -0.476 e. The van der Waals surface area contributed by atoms with Crippen molar-refractivity contribution in [3.63, 3.8) is 0 Å². The Morgan fingerprint density at radius 1 is 1.41 bits per heavy atom. The van der Waals surface area contributed by atoms with Gasteiger partial charge in [0, 0.05) is 11.6 Å². The zero-order valence-corrected chi connectivity index (χ0v) is 9.73. The molecule has 1 aromatic carbocycles. The number of rotatable bonds is 3. The van der Waals surface area contributed by atoms with Crippen LogP contribution in [-0.2, 0) is 6.42 Å². The van der Waals surface area contributed by atoms with Gasteiger partial charge in [0.25, 0.3) is 0 Å². The second kappa shape index (κ2) is 4.41. The molecule has 0 amide bonds. The average molecular weight is 231 g/mol. The number of nitrogens with zero attached hydrogens (tertiary/aromatic N) is 1. The van der Waals surface area contributed by atoms with Crippen LogP contribution in [0.25, 0.3) is 11.3 Å². The molecular formula is C13H13NO3. The molecule has 0 spiro atoms. The Hall–Kier alpha value is -2.10. The Balaban J connectivity index is 2.39. The number of benzene rings is 1. The molecule has 0 radical (unpaired) electrons. The van der Waals surface area contributed by atoms with Crippen molar-refractivity contribution in [2.75, 3.05) is 0 Å². The maximum atomic E-state index is 10.7. The average Bonchev–Trinajstić information content (AvgIpc) is 2.78. The van der Waals surface area contributed by atoms with Crippen LogP contribution in [0.3, 0.4) is 0 Å². The van der Waals surface area contributed by atoms with Gasteiger partial charge in [-0.3, -0.25) is 0 Å². The van der Waals surface area contributed by atoms with E-state index in [0.717, 1.165) is 12.0 Å². The molecule has 4 heteroatoms. The van der Waals surface area contributed by atoms with Gasteiger partial charge in [-0.1, -0.05) is 24.2 Å². The van der Waals surface area contributed by atoms with Crippen LogP contribution in [0.5, 0.6) is 0 Å². The molecule has 0 bridgehead atoms. The maximum absolute atomic E-state index is 10.7. The summed E-state index contributed by atoms with van der Waals surface area (Å²) in [5.41, 5.74) is 3.21. The quantitative estimate of drug-likeness (QED) is 0.882. The van der Waals surface area contributed by atoms with Crippen molar-refractivity contribution in [3.8, 4) is 11.3 Å². The van der Waals surface area contributed by atoms with Gasteiger partial charge < -0.3 is 9.63 Å². The van der Waals surface area contributed by atoms with Crippen LogP contribution in [0.2, 0.25) is 0 Å². The lowest BCUT2D eigenvalue weighted by atomic mass is 10.0. The number of aromatic carboxylic acids is 1. The molecule has 4 nitrogen and oxygen atoms in total. The van der Waals surface area contributed by atoms with E-state index >= 15 is 0 Å². The van der Waals surface area contributed by atoms with E-state index in [9.17, 15) is 4.79 Å². The smallest absolute Gasteiger partial charge is 0.358 e. The standard InChI is InChI=1S/C13H13NO3/c1-3-9-4-5-10(6-8(9)2)12-7-11(13(15)16)14-17-12/h4-7H,3H2,1-2H3,(H,15,16). The van der Waals surface area contributed by atoms with E-state index in [1.54, 1.807) is 0 Å². The molecule has 0 fully saturated rings. The first-order valence-electron chi connectivity index (χ1n) is 5.41. The number of hydrogen-bond donors (Lipinski definition) is 1. The van der Waals surface area contributed by atoms with Gasteiger partial charge in [0.15, 0.2) is 11.5 Å². The first kappa shape index (κ1) is 11.4. The number of carbonyl (C=O) groups is 1. The molecule has 0 unspecified atom stereocenters. The van der Waals surface area contributed by atoms with E-state index in [-0.39, 0.29) is 5.69 Å². The normalized spacial score (nSPS) is 10.5. The zero-order valence-electron chi connectivity index (χ0n) is 9.73. The third-order valence-corrected chi connectivity index (χ3v) is 2.74. The highest BCUT2D eigenvalue weighted by Crippen LogP contribution is 2.23. The molecule has 0 saturated carbocycles. The summed E-state index contributed by atoms with van der Waals surface area (Å²) >= 11 is 0. The number of carboxylic acid groups (broad SMARTS) is 1. The van der Waals surface area contributed by atoms with Gasteiger partial charge in [-0.25, -0.2) is 4.79 Å². The molecule has 2 aromatic rings. The monoisotopic (exact) mass is 231 g/mol. The molecule has 0 aliphatic heterocycles. The lowest BCUT2D eigenvalue weighted by molar-refractivity contribution is 0.0686. The first-order valence-corrected chi connectivity index (χ1v) is 5.41. The van der Waals surface area contributed by atoms with Crippen molar-refractivity contribution in [3.05, 3.63) is 41.1 Å². The fourth-order valence-corrected chi connectivity index (χ4v) is 1.76. The molecule has 0 atom stereocenters. The second-order valence-corrected chi connectivity index (χ2v) is 3.88. The van der Waals surface area contributed by atoms with Crippen LogP contribution in [0.4, 0.5) is 0 Å². The third kappa shape index (κ3) is 2.20. The topological polar surface area (TPSA) is 63.3 Å². The number of aromatic nitrogens is 1. The molecule has 17 heavy (non-hydrogen) atoms. The first-order chi connectivity index (χ1) is 8.11. The molecular weight excluding hydrogens is 218 g/mol. The minimum atomic E-state index is -1.08. The summed E-state index contributed by atoms with van der Waals surface area (Å²) < 4.78 is 5.01. The van der Waals surface area contributed by atoms with E-state index < -0.39 is 5.97 Å². The third-order valence-electron chi connectivity index (χ3n) is 2.74. The molecule has 1 aromatic heterocycles. The van der Waals surface area contributed by atoms with Crippen LogP contribution >= 0.6 is 0 Å². The van der Waals surface area contributed by atoms with Crippen LogP contribution in [0.1, 0.15) is 28.5 Å². The van der Waals surface area contributed by atoms with E-state index in [0.29, 0.717) is 5.76 Å². The van der Waals surface area contributed by atoms with Gasteiger partial charge in [-0.2, -0.15) is 0 Å². The Labute approximate surface area is 98.9 Å². The molecule has 0 saturated heterocycles. The second-order valence-electron chi connectivity index (χ2n) is 3.88. The highest BCUT2D eigenvalue weighted by molar-refractivity contribution is 5.86. The maximum Gasteiger partial charge on any atom is 0.358 e. The van der Waals surface area contributed by atoms with Gasteiger partial charge in [-0.05, 0) is 30.5 Å². The highest BCUT2D eigenvalue weighted by Gasteiger charge is 2.12. The molecule has 1 heterocycles. The van der Waals surface area contributed by atoms with Gasteiger partial charge in [0.05, 0.1) is 0 Å². The summed E-state index contributed by atoms with van der Waals surface area (Å²) in [6.07, 6.45) is 0.975. The summed E-state index contributed by atoms with van der Waals surface area (Å²) in [5, 5.41) is 12.2. The number of carboxylic acids is 1. The SMILES string of the molecule is CCc1ccc(-c2cc(C(=O)O)no2)cc1C. The number of hydrogen-bond acceptors (Lipinski definition) is 3. The fourth-order valence-electron chi connectivity index (χ4n) is 1.76. The summed E-state index contributed by atoms with van der Waals surface area (Å²) in [7, 11) is 0. The van der Waals surface area contributed by atoms with Gasteiger partial charge in [0.2, 0.25) is 0 Å². The Bertz CT molecular complexity index is 558. The molecule has 0 aliphatic carbocycles. The summed E-state index contributed by atoms with van der Waals surface area (Å²) in [6, 6.07) is 7.35. The van der Waals surface area contributed by atoms with E-state index in [1.165, 1.54) is 17.2 Å². The van der Waals surface area contributed by atoms with E-state index in [1.807, 2.05) is 25.1 Å². The van der Waals surface area contributed by atoms with Gasteiger partial charge >= 0.3 is 5.97 Å². The van der Waals surface area contributed by atoms with Crippen molar-refractivity contribution >= 4 is 5.97 Å². The van der Waals surface area contributed by atoms with Crippen LogP contribution in [-0.4, -0.2) is 16.2 Å². The molecule has 88 valence electrons. The molecule has 2 rings (SSSR count). The lowest BCUT2D eigenvalue weighted by Crippen LogP contribution is -1.94. The van der Waals surface area contributed by atoms with Crippen LogP contribution in [0, 0.1) is 6.92 Å². The lowest BCUT2D eigenvalue weighted by Gasteiger charge is -2.03. The van der Waals surface area contributed by atoms with Crippen molar-refractivity contribution < 1.29 is 14.4 Å². The minimum absolute atomic E-state index is 0.0720. The summed E-state index contributed by atoms with van der Waals surface area (Å²) in [5.74, 6) is -0.602. The van der Waals surface area contributed by atoms with E-state index in [4.69, 9.17) is 9.63 Å². The van der Waals surface area contributed by atoms with Crippen molar-refractivity contribution in [1.29, 1.82) is 0 Å². The molecule has 1 N–H and O–H groups in total. The zero-order chi connectivity index (χ0) is 12.4. The van der Waals surface area contributed by atoms with E-state index in [2.05, 4.69) is 12.1 Å². The summed E-state index contributed by atoms with van der Waals surface area (Å²) in [4.78, 5) is 10.7. The highest BCUT2D eigenvalue weighted by atomic mass is 16.5. The van der Waals surface area contributed by atoms with Gasteiger partial charge in [-0.15, -0.1) is 0 Å². The fraction of sp³-hybridized carbons (Fsp3) is 0.231. The Morgan fingerprint density at radius 2 is 2.18 bits per heavy atom. The largest absolute Gasteiger partial charge is 0.476 e. The predicted molar refractivity (Wildman–Crippen MR) is 63.0 cm³/mol. The van der Waals surface area contributed by atoms with Crippen LogP contribution in [0.15, 0.2) is 28.8 Å². The van der Waals surface area contributed by atoms with Crippen molar-refractivity contribution in [1.82, 2.24) is 5.16 Å². The van der Waals surface area contributed by atoms with Gasteiger partial charge in [0.1, 0.15) is 0 Å². The van der Waals surface area contributed by atoms with Crippen molar-refractivity contribution in [2.45, 2.75) is 20.3 Å². The Morgan fingerprint density at radius 3 is 2.71 bits per heavy atom. The Kier molecular flexibility index (Phi) is 2.95. The van der Waals surface area contributed by atoms with Crippen molar-refractivity contribution in [2.24, 2.45) is 0 Å². The van der Waals surface area contributed by atoms with Crippen LogP contribution < -0.4 is 0 Å². The molecule has 0 aliphatic rings. The predicted octanol–water partition coefficient (Wildman–Crippen LogP) is 2.91. The summed E-state index contributed by atoms with van der Waals surface area (Å²) in [6.45, 7) is 4.12. The number of aryl methyl sites for hydroxylation is 2.